The molecule has 178 valence electrons. The van der Waals surface area contributed by atoms with Crippen LogP contribution in [0.1, 0.15) is 11.1 Å². The molecule has 0 spiro atoms. The third kappa shape index (κ3) is 4.01. The summed E-state index contributed by atoms with van der Waals surface area (Å²) in [5.41, 5.74) is 6.61. The maximum absolute atomic E-state index is 13.3. The zero-order valence-electron chi connectivity index (χ0n) is 17.8. The van der Waals surface area contributed by atoms with Crippen LogP contribution in [-0.4, -0.2) is 30.7 Å². The third-order valence-electron chi connectivity index (χ3n) is 5.62. The highest BCUT2D eigenvalue weighted by Crippen LogP contribution is 2.42. The number of alkyl halides is 2. The number of hydrazine groups is 1. The number of carbonyl (C=O) groups excluding carboxylic acids is 1. The second kappa shape index (κ2) is 7.95. The molecule has 3 aliphatic heterocycles. The molecular formula is C24H16ClF2N3O5. The molecule has 0 radical (unpaired) electrons. The van der Waals surface area contributed by atoms with E-state index in [1.54, 1.807) is 12.1 Å². The van der Waals surface area contributed by atoms with Gasteiger partial charge in [0.2, 0.25) is 6.79 Å². The summed E-state index contributed by atoms with van der Waals surface area (Å²) in [5, 5.41) is 4.65. The van der Waals surface area contributed by atoms with Crippen molar-refractivity contribution in [2.75, 3.05) is 18.7 Å². The van der Waals surface area contributed by atoms with Crippen LogP contribution < -0.4 is 29.7 Å². The minimum absolute atomic E-state index is 0.107. The van der Waals surface area contributed by atoms with Crippen molar-refractivity contribution in [2.45, 2.75) is 6.29 Å². The Hall–Kier alpha value is -4.18. The summed E-state index contributed by atoms with van der Waals surface area (Å²) >= 11 is 6.06. The Kier molecular flexibility index (Phi) is 4.85. The molecule has 0 saturated heterocycles. The Labute approximate surface area is 202 Å². The molecule has 8 nitrogen and oxygen atoms in total. The third-order valence-corrected chi connectivity index (χ3v) is 5.87. The molecular weight excluding hydrogens is 484 g/mol. The van der Waals surface area contributed by atoms with Gasteiger partial charge < -0.3 is 24.3 Å². The molecule has 3 heterocycles. The number of nitrogens with one attached hydrogen (secondary N) is 2. The fourth-order valence-electron chi connectivity index (χ4n) is 3.99. The molecule has 3 aliphatic rings. The van der Waals surface area contributed by atoms with Gasteiger partial charge in [-0.2, -0.15) is 0 Å². The van der Waals surface area contributed by atoms with Gasteiger partial charge >= 0.3 is 12.3 Å². The van der Waals surface area contributed by atoms with Crippen molar-refractivity contribution in [3.05, 3.63) is 76.8 Å². The molecule has 0 aliphatic carbocycles. The summed E-state index contributed by atoms with van der Waals surface area (Å²) in [4.78, 5) is 13.1. The number of hydrogen-bond donors (Lipinski definition) is 2. The molecule has 3 aromatic rings. The SMILES string of the molecule is O=C(Nc1ccc2c(c1)OC(F)(F)O2)N1CC(c2ccc3c(c2)OCO3)=C(c2ccc(Cl)cc2)N1. The van der Waals surface area contributed by atoms with E-state index in [1.807, 2.05) is 30.3 Å². The number of anilines is 1. The van der Waals surface area contributed by atoms with Crippen LogP contribution in [0.3, 0.4) is 0 Å². The number of fused-ring (bicyclic) bond motifs is 2. The van der Waals surface area contributed by atoms with E-state index in [4.69, 9.17) is 21.1 Å². The number of amides is 2. The van der Waals surface area contributed by atoms with Crippen LogP contribution in [0.15, 0.2) is 60.7 Å². The highest BCUT2D eigenvalue weighted by atomic mass is 35.5. The summed E-state index contributed by atoms with van der Waals surface area (Å²) in [7, 11) is 0. The second-order valence-electron chi connectivity index (χ2n) is 7.89. The zero-order valence-corrected chi connectivity index (χ0v) is 18.6. The molecule has 0 fully saturated rings. The van der Waals surface area contributed by atoms with Crippen LogP contribution in [-0.2, 0) is 0 Å². The Balaban J connectivity index is 1.27. The predicted octanol–water partition coefficient (Wildman–Crippen LogP) is 5.31. The van der Waals surface area contributed by atoms with Gasteiger partial charge in [-0.05, 0) is 47.5 Å². The highest BCUT2D eigenvalue weighted by Gasteiger charge is 2.43. The van der Waals surface area contributed by atoms with Gasteiger partial charge in [-0.15, -0.1) is 8.78 Å². The largest absolute Gasteiger partial charge is 0.586 e. The molecule has 35 heavy (non-hydrogen) atoms. The van der Waals surface area contributed by atoms with E-state index in [0.717, 1.165) is 16.7 Å². The lowest BCUT2D eigenvalue weighted by Gasteiger charge is -2.19. The number of urea groups is 1. The maximum atomic E-state index is 13.3. The van der Waals surface area contributed by atoms with Crippen LogP contribution in [0.5, 0.6) is 23.0 Å². The number of carbonyl (C=O) groups is 1. The molecule has 2 N–H and O–H groups in total. The average Bonchev–Trinajstić information content (AvgIpc) is 3.54. The van der Waals surface area contributed by atoms with Gasteiger partial charge in [0.1, 0.15) is 0 Å². The van der Waals surface area contributed by atoms with Crippen LogP contribution in [0.4, 0.5) is 19.3 Å². The monoisotopic (exact) mass is 499 g/mol. The van der Waals surface area contributed by atoms with Crippen molar-refractivity contribution in [1.29, 1.82) is 0 Å². The Morgan fingerprint density at radius 3 is 2.46 bits per heavy atom. The van der Waals surface area contributed by atoms with E-state index in [2.05, 4.69) is 20.2 Å². The van der Waals surface area contributed by atoms with Gasteiger partial charge in [0, 0.05) is 22.3 Å². The quantitative estimate of drug-likeness (QED) is 0.508. The van der Waals surface area contributed by atoms with Crippen molar-refractivity contribution in [3.63, 3.8) is 0 Å². The second-order valence-corrected chi connectivity index (χ2v) is 8.32. The molecule has 0 unspecified atom stereocenters. The minimum atomic E-state index is -3.74. The van der Waals surface area contributed by atoms with Gasteiger partial charge in [-0.25, -0.2) is 9.80 Å². The first kappa shape index (κ1) is 21.4. The lowest BCUT2D eigenvalue weighted by Crippen LogP contribution is -2.40. The fraction of sp³-hybridized carbons (Fsp3) is 0.125. The highest BCUT2D eigenvalue weighted by molar-refractivity contribution is 6.30. The molecule has 0 aromatic heterocycles. The summed E-state index contributed by atoms with van der Waals surface area (Å²) < 4.78 is 46.4. The minimum Gasteiger partial charge on any atom is -0.454 e. The van der Waals surface area contributed by atoms with Gasteiger partial charge in [-0.3, -0.25) is 5.43 Å². The van der Waals surface area contributed by atoms with Crippen LogP contribution in [0, 0.1) is 0 Å². The first-order valence-electron chi connectivity index (χ1n) is 10.5. The Morgan fingerprint density at radius 2 is 1.63 bits per heavy atom. The number of nitrogens with zero attached hydrogens (tertiary/aromatic N) is 1. The van der Waals surface area contributed by atoms with Crippen molar-refractivity contribution >= 4 is 34.6 Å². The summed E-state index contributed by atoms with van der Waals surface area (Å²) in [6.07, 6.45) is -3.74. The van der Waals surface area contributed by atoms with Crippen LogP contribution >= 0.6 is 11.6 Å². The Bertz CT molecular complexity index is 1380. The Morgan fingerprint density at radius 1 is 0.914 bits per heavy atom. The van der Waals surface area contributed by atoms with E-state index in [0.29, 0.717) is 22.2 Å². The molecule has 11 heteroatoms. The first-order valence-corrected chi connectivity index (χ1v) is 10.9. The molecule has 2 amide bonds. The smallest absolute Gasteiger partial charge is 0.454 e. The van der Waals surface area contributed by atoms with Gasteiger partial charge in [0.15, 0.2) is 23.0 Å². The van der Waals surface area contributed by atoms with Crippen molar-refractivity contribution in [3.8, 4) is 23.0 Å². The van der Waals surface area contributed by atoms with Gasteiger partial charge in [-0.1, -0.05) is 29.8 Å². The molecule has 3 aromatic carbocycles. The van der Waals surface area contributed by atoms with Gasteiger partial charge in [0.05, 0.1) is 12.2 Å². The van der Waals surface area contributed by atoms with Crippen molar-refractivity contribution < 1.29 is 32.5 Å². The predicted molar refractivity (Wildman–Crippen MR) is 122 cm³/mol. The van der Waals surface area contributed by atoms with E-state index < -0.39 is 12.3 Å². The number of benzene rings is 3. The number of halogens is 3. The molecule has 0 saturated carbocycles. The summed E-state index contributed by atoms with van der Waals surface area (Å²) in [6.45, 7) is 0.363. The molecule has 0 bridgehead atoms. The average molecular weight is 500 g/mol. The maximum Gasteiger partial charge on any atom is 0.586 e. The summed E-state index contributed by atoms with van der Waals surface area (Å²) in [5.74, 6) is 0.995. The lowest BCUT2D eigenvalue weighted by molar-refractivity contribution is -0.286. The van der Waals surface area contributed by atoms with E-state index in [-0.39, 0.29) is 30.5 Å². The molecule has 0 atom stereocenters. The summed E-state index contributed by atoms with van der Waals surface area (Å²) in [6, 6.07) is 16.3. The lowest BCUT2D eigenvalue weighted by atomic mass is 10.0. The van der Waals surface area contributed by atoms with Crippen LogP contribution in [0.2, 0.25) is 5.02 Å². The van der Waals surface area contributed by atoms with Crippen molar-refractivity contribution in [1.82, 2.24) is 10.4 Å². The number of ether oxygens (including phenoxy) is 4. The van der Waals surface area contributed by atoms with E-state index >= 15 is 0 Å². The number of rotatable bonds is 3. The van der Waals surface area contributed by atoms with Crippen molar-refractivity contribution in [2.24, 2.45) is 0 Å². The van der Waals surface area contributed by atoms with E-state index in [9.17, 15) is 13.6 Å². The van der Waals surface area contributed by atoms with Gasteiger partial charge in [0.25, 0.3) is 0 Å². The number of hydrogen-bond acceptors (Lipinski definition) is 6. The normalized spacial score (nSPS) is 16.9. The zero-order chi connectivity index (χ0) is 24.2. The molecule has 6 rings (SSSR count). The van der Waals surface area contributed by atoms with Crippen LogP contribution in [0.25, 0.3) is 11.3 Å². The van der Waals surface area contributed by atoms with E-state index in [1.165, 1.54) is 23.2 Å². The standard InChI is InChI=1S/C24H16ClF2N3O5/c25-15-4-1-13(2-5-15)22-17(14-3-7-18-20(9-14)33-12-32-18)11-30(29-22)23(31)28-16-6-8-19-21(10-16)35-24(26,27)34-19/h1-10,29H,11-12H2,(H,28,31). The topological polar surface area (TPSA) is 81.3 Å². The first-order chi connectivity index (χ1) is 16.8. The fourth-order valence-corrected chi connectivity index (χ4v) is 4.12.